The second-order valence-corrected chi connectivity index (χ2v) is 9.78. The van der Waals surface area contributed by atoms with Crippen molar-refractivity contribution in [3.63, 3.8) is 0 Å². The van der Waals surface area contributed by atoms with Crippen molar-refractivity contribution < 1.29 is 31.5 Å². The topological polar surface area (TPSA) is 41.6 Å². The standard InChI is InChI=1S/C27H31F5N2O2/c1-17-2-4-21(15-24(17)27(30,31)32)33-20-5-7-22(8-6-20)36-16-26(35)34-12-10-18(11-13-34)23-9-3-19(28)14-25(23)29/h2-4,9,14-15,18,20,22,33H,5-8,10-13,16H2,1H3. The molecule has 1 saturated carbocycles. The second-order valence-electron chi connectivity index (χ2n) is 9.78. The number of carbonyl (C=O) groups excluding carboxylic acids is 1. The van der Waals surface area contributed by atoms with Crippen molar-refractivity contribution in [2.75, 3.05) is 25.0 Å². The molecule has 1 amide bonds. The van der Waals surface area contributed by atoms with Crippen LogP contribution in [0.2, 0.25) is 0 Å². The van der Waals surface area contributed by atoms with Crippen molar-refractivity contribution >= 4 is 11.6 Å². The minimum absolute atomic E-state index is 0.0226. The molecule has 0 spiro atoms. The number of halogens is 5. The van der Waals surface area contributed by atoms with Gasteiger partial charge in [0.15, 0.2) is 0 Å². The van der Waals surface area contributed by atoms with Crippen molar-refractivity contribution in [3.8, 4) is 0 Å². The molecule has 0 radical (unpaired) electrons. The van der Waals surface area contributed by atoms with E-state index in [1.807, 2.05) is 0 Å². The zero-order valence-electron chi connectivity index (χ0n) is 20.2. The first-order valence-corrected chi connectivity index (χ1v) is 12.4. The molecule has 36 heavy (non-hydrogen) atoms. The van der Waals surface area contributed by atoms with Crippen molar-refractivity contribution in [2.24, 2.45) is 0 Å². The Bertz CT molecular complexity index is 1060. The Morgan fingerprint density at radius 2 is 1.69 bits per heavy atom. The zero-order valence-corrected chi connectivity index (χ0v) is 20.2. The van der Waals surface area contributed by atoms with Crippen LogP contribution in [0.3, 0.4) is 0 Å². The fourth-order valence-electron chi connectivity index (χ4n) is 5.18. The van der Waals surface area contributed by atoms with Gasteiger partial charge in [0, 0.05) is 30.9 Å². The number of hydrogen-bond acceptors (Lipinski definition) is 3. The van der Waals surface area contributed by atoms with E-state index in [4.69, 9.17) is 4.74 Å². The van der Waals surface area contributed by atoms with Crippen LogP contribution in [0, 0.1) is 18.6 Å². The summed E-state index contributed by atoms with van der Waals surface area (Å²) in [5.74, 6) is -1.29. The van der Waals surface area contributed by atoms with E-state index in [-0.39, 0.29) is 36.1 Å². The van der Waals surface area contributed by atoms with E-state index in [0.29, 0.717) is 37.2 Å². The largest absolute Gasteiger partial charge is 0.416 e. The Balaban J connectivity index is 1.18. The predicted octanol–water partition coefficient (Wildman–Crippen LogP) is 6.44. The number of alkyl halides is 3. The Morgan fingerprint density at radius 1 is 1.00 bits per heavy atom. The summed E-state index contributed by atoms with van der Waals surface area (Å²) in [4.78, 5) is 14.3. The lowest BCUT2D eigenvalue weighted by molar-refractivity contribution is -0.140. The molecule has 1 aliphatic heterocycles. The van der Waals surface area contributed by atoms with Gasteiger partial charge in [-0.2, -0.15) is 13.2 Å². The molecule has 1 heterocycles. The first kappa shape index (κ1) is 26.4. The van der Waals surface area contributed by atoms with Crippen LogP contribution in [0.15, 0.2) is 36.4 Å². The van der Waals surface area contributed by atoms with Gasteiger partial charge in [-0.1, -0.05) is 12.1 Å². The molecule has 2 aromatic rings. The lowest BCUT2D eigenvalue weighted by Gasteiger charge is -2.33. The number of amides is 1. The highest BCUT2D eigenvalue weighted by atomic mass is 19.4. The van der Waals surface area contributed by atoms with Crippen LogP contribution in [-0.4, -0.2) is 42.6 Å². The number of nitrogens with zero attached hydrogens (tertiary/aromatic N) is 1. The highest BCUT2D eigenvalue weighted by Crippen LogP contribution is 2.34. The average Bonchev–Trinajstić information content (AvgIpc) is 2.84. The molecule has 4 nitrogen and oxygen atoms in total. The number of carbonyl (C=O) groups is 1. The first-order chi connectivity index (χ1) is 17.1. The van der Waals surface area contributed by atoms with Gasteiger partial charge in [-0.25, -0.2) is 8.78 Å². The molecule has 1 N–H and O–H groups in total. The minimum atomic E-state index is -4.38. The number of aryl methyl sites for hydroxylation is 1. The first-order valence-electron chi connectivity index (χ1n) is 12.4. The van der Waals surface area contributed by atoms with Gasteiger partial charge in [0.1, 0.15) is 18.2 Å². The van der Waals surface area contributed by atoms with Crippen LogP contribution in [0.5, 0.6) is 0 Å². The van der Waals surface area contributed by atoms with E-state index in [1.54, 1.807) is 11.0 Å². The summed E-state index contributed by atoms with van der Waals surface area (Å²) in [5, 5.41) is 3.20. The summed E-state index contributed by atoms with van der Waals surface area (Å²) in [5.41, 5.74) is 0.512. The molecule has 2 fully saturated rings. The lowest BCUT2D eigenvalue weighted by atomic mass is 9.89. The van der Waals surface area contributed by atoms with Gasteiger partial charge < -0.3 is 15.0 Å². The fourth-order valence-corrected chi connectivity index (χ4v) is 5.18. The summed E-state index contributed by atoms with van der Waals surface area (Å²) in [7, 11) is 0. The lowest BCUT2D eigenvalue weighted by Crippen LogP contribution is -2.41. The number of benzene rings is 2. The van der Waals surface area contributed by atoms with Crippen LogP contribution in [0.1, 0.15) is 61.1 Å². The second kappa shape index (κ2) is 11.2. The Labute approximate surface area is 207 Å². The molecular weight excluding hydrogens is 479 g/mol. The molecule has 0 unspecified atom stereocenters. The molecule has 0 atom stereocenters. The van der Waals surface area contributed by atoms with Gasteiger partial charge in [-0.15, -0.1) is 0 Å². The van der Waals surface area contributed by atoms with E-state index in [9.17, 15) is 26.7 Å². The quantitative estimate of drug-likeness (QED) is 0.455. The smallest absolute Gasteiger partial charge is 0.382 e. The third-order valence-corrected chi connectivity index (χ3v) is 7.28. The molecule has 1 saturated heterocycles. The summed E-state index contributed by atoms with van der Waals surface area (Å²) < 4.78 is 72.6. The Hall–Kier alpha value is -2.68. The van der Waals surface area contributed by atoms with Gasteiger partial charge in [-0.3, -0.25) is 4.79 Å². The van der Waals surface area contributed by atoms with Gasteiger partial charge >= 0.3 is 6.18 Å². The van der Waals surface area contributed by atoms with E-state index in [0.717, 1.165) is 37.8 Å². The number of hydrogen-bond donors (Lipinski definition) is 1. The normalized spacial score (nSPS) is 21.4. The van der Waals surface area contributed by atoms with E-state index in [1.165, 1.54) is 25.1 Å². The third-order valence-electron chi connectivity index (χ3n) is 7.28. The number of rotatable bonds is 6. The summed E-state index contributed by atoms with van der Waals surface area (Å²) >= 11 is 0. The molecule has 0 bridgehead atoms. The van der Waals surface area contributed by atoms with E-state index < -0.39 is 23.4 Å². The highest BCUT2D eigenvalue weighted by Gasteiger charge is 2.33. The molecule has 0 aromatic heterocycles. The molecule has 1 aliphatic carbocycles. The molecule has 4 rings (SSSR count). The number of likely N-dealkylation sites (tertiary alicyclic amines) is 1. The average molecular weight is 511 g/mol. The third kappa shape index (κ3) is 6.55. The maximum Gasteiger partial charge on any atom is 0.416 e. The maximum atomic E-state index is 14.1. The molecular formula is C27H31F5N2O2. The monoisotopic (exact) mass is 510 g/mol. The predicted molar refractivity (Wildman–Crippen MR) is 127 cm³/mol. The maximum absolute atomic E-state index is 14.1. The van der Waals surface area contributed by atoms with E-state index in [2.05, 4.69) is 5.32 Å². The van der Waals surface area contributed by atoms with Gasteiger partial charge in [-0.05, 0) is 80.7 Å². The minimum Gasteiger partial charge on any atom is -0.382 e. The summed E-state index contributed by atoms with van der Waals surface area (Å²) in [6.45, 7) is 2.42. The molecule has 2 aromatic carbocycles. The van der Waals surface area contributed by atoms with Crippen LogP contribution in [-0.2, 0) is 15.7 Å². The van der Waals surface area contributed by atoms with Crippen molar-refractivity contribution in [2.45, 2.75) is 69.7 Å². The Morgan fingerprint density at radius 3 is 2.33 bits per heavy atom. The van der Waals surface area contributed by atoms with Crippen LogP contribution in [0.4, 0.5) is 27.6 Å². The molecule has 2 aliphatic rings. The Kier molecular flexibility index (Phi) is 8.17. The molecule has 9 heteroatoms. The van der Waals surface area contributed by atoms with Gasteiger partial charge in [0.25, 0.3) is 0 Å². The van der Waals surface area contributed by atoms with Crippen LogP contribution >= 0.6 is 0 Å². The van der Waals surface area contributed by atoms with Gasteiger partial charge in [0.2, 0.25) is 5.91 Å². The number of ether oxygens (including phenoxy) is 1. The number of piperidine rings is 1. The SMILES string of the molecule is Cc1ccc(NC2CCC(OCC(=O)N3CCC(c4ccc(F)cc4F)CC3)CC2)cc1C(F)(F)F. The molecule has 196 valence electrons. The van der Waals surface area contributed by atoms with Crippen molar-refractivity contribution in [1.82, 2.24) is 4.90 Å². The van der Waals surface area contributed by atoms with E-state index >= 15 is 0 Å². The van der Waals surface area contributed by atoms with Gasteiger partial charge in [0.05, 0.1) is 11.7 Å². The van der Waals surface area contributed by atoms with Crippen LogP contribution < -0.4 is 5.32 Å². The number of nitrogens with one attached hydrogen (secondary N) is 1. The zero-order chi connectivity index (χ0) is 25.9. The number of anilines is 1. The summed E-state index contributed by atoms with van der Waals surface area (Å²) in [6.07, 6.45) is -0.316. The summed E-state index contributed by atoms with van der Waals surface area (Å²) in [6, 6.07) is 7.99. The van der Waals surface area contributed by atoms with Crippen LogP contribution in [0.25, 0.3) is 0 Å². The highest BCUT2D eigenvalue weighted by molar-refractivity contribution is 5.77. The van der Waals surface area contributed by atoms with Crippen molar-refractivity contribution in [1.29, 1.82) is 0 Å². The van der Waals surface area contributed by atoms with Crippen molar-refractivity contribution in [3.05, 3.63) is 64.7 Å². The fraction of sp³-hybridized carbons (Fsp3) is 0.519.